The maximum Gasteiger partial charge on any atom is 0.220 e. The Balaban J connectivity index is 1.13. The molecule has 2 aliphatic heterocycles. The summed E-state index contributed by atoms with van der Waals surface area (Å²) in [4.78, 5) is 12.5. The summed E-state index contributed by atoms with van der Waals surface area (Å²) in [7, 11) is -3.01. The van der Waals surface area contributed by atoms with E-state index in [4.69, 9.17) is 4.74 Å². The first-order chi connectivity index (χ1) is 14.9. The number of aryl methyl sites for hydroxylation is 1. The number of nitrogens with one attached hydrogen (secondary N) is 1. The van der Waals surface area contributed by atoms with Gasteiger partial charge in [0.1, 0.15) is 0 Å². The van der Waals surface area contributed by atoms with Crippen molar-refractivity contribution in [3.05, 3.63) is 59.2 Å². The Hall–Kier alpha value is -2.18. The zero-order valence-corrected chi connectivity index (χ0v) is 18.5. The SMILES string of the molecule is O=C(CCCc1ccc2c(c1)-c1ccccc1C2)N[C@@H]1CCO[C@@]2(CCS(=O)(=O)C2)C1. The number of ether oxygens (including phenoxy) is 1. The number of hydrogen-bond donors (Lipinski definition) is 1. The molecule has 2 fully saturated rings. The van der Waals surface area contributed by atoms with Crippen molar-refractivity contribution in [1.82, 2.24) is 5.32 Å². The van der Waals surface area contributed by atoms with Gasteiger partial charge in [0.15, 0.2) is 9.84 Å². The molecule has 0 saturated carbocycles. The molecule has 1 amide bonds. The Morgan fingerprint density at radius 1 is 1.13 bits per heavy atom. The lowest BCUT2D eigenvalue weighted by molar-refractivity contribution is -0.124. The average molecular weight is 440 g/mol. The van der Waals surface area contributed by atoms with Gasteiger partial charge in [-0.2, -0.15) is 0 Å². The minimum Gasteiger partial charge on any atom is -0.374 e. The predicted molar refractivity (Wildman–Crippen MR) is 121 cm³/mol. The summed E-state index contributed by atoms with van der Waals surface area (Å²) < 4.78 is 29.6. The number of fused-ring (bicyclic) bond motifs is 3. The fraction of sp³-hybridized carbons (Fsp3) is 0.480. The first-order valence-electron chi connectivity index (χ1n) is 11.3. The normalized spacial score (nSPS) is 25.9. The number of amides is 1. The summed E-state index contributed by atoms with van der Waals surface area (Å²) in [5.74, 6) is 0.335. The van der Waals surface area contributed by atoms with Crippen LogP contribution in [0.5, 0.6) is 0 Å². The third-order valence-corrected chi connectivity index (χ3v) is 8.73. The van der Waals surface area contributed by atoms with Crippen LogP contribution in [0.4, 0.5) is 0 Å². The molecule has 2 saturated heterocycles. The standard InChI is InChI=1S/C25H29NO4S/c27-24(26-21-10-12-30-25(16-21)11-13-31(28,29)17-25)7-3-4-18-8-9-20-15-19-5-1-2-6-22(19)23(20)14-18/h1-2,5-6,8-9,14,21H,3-4,7,10-13,15-17H2,(H,26,27)/t21-,25+/m1/s1. The van der Waals surface area contributed by atoms with Crippen molar-refractivity contribution < 1.29 is 17.9 Å². The minimum absolute atomic E-state index is 0.00560. The lowest BCUT2D eigenvalue weighted by Crippen LogP contribution is -2.49. The molecule has 0 radical (unpaired) electrons. The smallest absolute Gasteiger partial charge is 0.220 e. The van der Waals surface area contributed by atoms with Crippen molar-refractivity contribution in [2.24, 2.45) is 0 Å². The van der Waals surface area contributed by atoms with Gasteiger partial charge in [0.25, 0.3) is 0 Å². The molecule has 3 aliphatic rings. The van der Waals surface area contributed by atoms with Crippen LogP contribution in [-0.4, -0.2) is 44.1 Å². The molecule has 6 heteroatoms. The van der Waals surface area contributed by atoms with E-state index in [0.29, 0.717) is 25.9 Å². The van der Waals surface area contributed by atoms with E-state index in [9.17, 15) is 13.2 Å². The van der Waals surface area contributed by atoms with Gasteiger partial charge in [-0.3, -0.25) is 4.79 Å². The van der Waals surface area contributed by atoms with Gasteiger partial charge in [0.2, 0.25) is 5.91 Å². The number of rotatable bonds is 5. The highest BCUT2D eigenvalue weighted by molar-refractivity contribution is 7.91. The van der Waals surface area contributed by atoms with Gasteiger partial charge in [-0.05, 0) is 66.3 Å². The molecule has 1 N–H and O–H groups in total. The van der Waals surface area contributed by atoms with Crippen LogP contribution >= 0.6 is 0 Å². The number of sulfone groups is 1. The van der Waals surface area contributed by atoms with Gasteiger partial charge in [0.05, 0.1) is 17.1 Å². The number of benzene rings is 2. The summed E-state index contributed by atoms with van der Waals surface area (Å²) in [5.41, 5.74) is 6.11. The molecule has 31 heavy (non-hydrogen) atoms. The Morgan fingerprint density at radius 3 is 2.81 bits per heavy atom. The van der Waals surface area contributed by atoms with E-state index in [0.717, 1.165) is 25.7 Å². The van der Waals surface area contributed by atoms with Crippen LogP contribution in [0.25, 0.3) is 11.1 Å². The molecule has 2 heterocycles. The largest absolute Gasteiger partial charge is 0.374 e. The third-order valence-electron chi connectivity index (χ3n) is 6.94. The maximum absolute atomic E-state index is 12.5. The van der Waals surface area contributed by atoms with Crippen LogP contribution in [0.15, 0.2) is 42.5 Å². The fourth-order valence-corrected chi connectivity index (χ4v) is 7.37. The molecule has 1 spiro atoms. The fourth-order valence-electron chi connectivity index (χ4n) is 5.39. The maximum atomic E-state index is 12.5. The van der Waals surface area contributed by atoms with E-state index in [-0.39, 0.29) is 23.5 Å². The monoisotopic (exact) mass is 439 g/mol. The van der Waals surface area contributed by atoms with Gasteiger partial charge < -0.3 is 10.1 Å². The number of carbonyl (C=O) groups is 1. The molecule has 1 aliphatic carbocycles. The van der Waals surface area contributed by atoms with Crippen LogP contribution in [0.3, 0.4) is 0 Å². The van der Waals surface area contributed by atoms with Gasteiger partial charge >= 0.3 is 0 Å². The zero-order valence-electron chi connectivity index (χ0n) is 17.7. The molecule has 164 valence electrons. The van der Waals surface area contributed by atoms with E-state index in [2.05, 4.69) is 47.8 Å². The molecule has 2 atom stereocenters. The van der Waals surface area contributed by atoms with Gasteiger partial charge in [-0.15, -0.1) is 0 Å². The van der Waals surface area contributed by atoms with Crippen LogP contribution in [-0.2, 0) is 32.2 Å². The second-order valence-electron chi connectivity index (χ2n) is 9.31. The van der Waals surface area contributed by atoms with Crippen LogP contribution in [0, 0.1) is 0 Å². The van der Waals surface area contributed by atoms with Crippen molar-refractivity contribution >= 4 is 15.7 Å². The molecule has 2 aromatic rings. The molecular weight excluding hydrogens is 410 g/mol. The molecule has 5 rings (SSSR count). The molecule has 0 aromatic heterocycles. The Labute approximate surface area is 184 Å². The third kappa shape index (κ3) is 4.41. The van der Waals surface area contributed by atoms with E-state index >= 15 is 0 Å². The second kappa shape index (κ2) is 8.06. The van der Waals surface area contributed by atoms with Crippen molar-refractivity contribution in [1.29, 1.82) is 0 Å². The van der Waals surface area contributed by atoms with Crippen LogP contribution in [0.2, 0.25) is 0 Å². The van der Waals surface area contributed by atoms with E-state index in [1.165, 1.54) is 27.8 Å². The molecular formula is C25H29NO4S. The van der Waals surface area contributed by atoms with Gasteiger partial charge in [-0.25, -0.2) is 8.42 Å². The Kier molecular flexibility index (Phi) is 5.39. The number of hydrogen-bond acceptors (Lipinski definition) is 4. The highest BCUT2D eigenvalue weighted by atomic mass is 32.2. The highest BCUT2D eigenvalue weighted by Gasteiger charge is 2.46. The van der Waals surface area contributed by atoms with Crippen LogP contribution < -0.4 is 5.32 Å². The summed E-state index contributed by atoms with van der Waals surface area (Å²) in [6, 6.07) is 15.3. The van der Waals surface area contributed by atoms with E-state index in [1.807, 2.05) is 0 Å². The summed E-state index contributed by atoms with van der Waals surface area (Å²) in [6.07, 6.45) is 5.05. The lowest BCUT2D eigenvalue weighted by Gasteiger charge is -2.37. The van der Waals surface area contributed by atoms with Crippen molar-refractivity contribution in [3.8, 4) is 11.1 Å². The molecule has 5 nitrogen and oxygen atoms in total. The van der Waals surface area contributed by atoms with Crippen molar-refractivity contribution in [3.63, 3.8) is 0 Å². The molecule has 2 aromatic carbocycles. The first-order valence-corrected chi connectivity index (χ1v) is 13.1. The van der Waals surface area contributed by atoms with Crippen molar-refractivity contribution in [2.45, 2.75) is 56.6 Å². The van der Waals surface area contributed by atoms with Crippen molar-refractivity contribution in [2.75, 3.05) is 18.1 Å². The lowest BCUT2D eigenvalue weighted by atomic mass is 9.90. The van der Waals surface area contributed by atoms with E-state index < -0.39 is 15.4 Å². The average Bonchev–Trinajstić information content (AvgIpc) is 3.24. The topological polar surface area (TPSA) is 72.5 Å². The molecule has 0 unspecified atom stereocenters. The quantitative estimate of drug-likeness (QED) is 0.661. The first kappa shape index (κ1) is 20.7. The predicted octanol–water partition coefficient (Wildman–Crippen LogP) is 3.43. The number of carbonyl (C=O) groups excluding carboxylic acids is 1. The molecule has 0 bridgehead atoms. The van der Waals surface area contributed by atoms with Gasteiger partial charge in [-0.1, -0.05) is 42.5 Å². The Morgan fingerprint density at radius 2 is 1.97 bits per heavy atom. The van der Waals surface area contributed by atoms with E-state index in [1.54, 1.807) is 0 Å². The zero-order chi connectivity index (χ0) is 21.5. The van der Waals surface area contributed by atoms with Crippen LogP contribution in [0.1, 0.15) is 48.8 Å². The minimum atomic E-state index is -3.01. The Bertz CT molecular complexity index is 1110. The summed E-state index contributed by atoms with van der Waals surface area (Å²) in [5, 5.41) is 3.12. The highest BCUT2D eigenvalue weighted by Crippen LogP contribution is 2.37. The van der Waals surface area contributed by atoms with Gasteiger partial charge in [0, 0.05) is 19.1 Å². The summed E-state index contributed by atoms with van der Waals surface area (Å²) in [6.45, 7) is 0.511. The second-order valence-corrected chi connectivity index (χ2v) is 11.5. The summed E-state index contributed by atoms with van der Waals surface area (Å²) >= 11 is 0.